The van der Waals surface area contributed by atoms with E-state index in [4.69, 9.17) is 5.11 Å². The van der Waals surface area contributed by atoms with Gasteiger partial charge in [-0.3, -0.25) is 4.79 Å². The Morgan fingerprint density at radius 2 is 2.05 bits per heavy atom. The molecule has 4 nitrogen and oxygen atoms in total. The summed E-state index contributed by atoms with van der Waals surface area (Å²) in [4.78, 5) is 11.1. The summed E-state index contributed by atoms with van der Waals surface area (Å²) in [6, 6.07) is 10.4. The van der Waals surface area contributed by atoms with E-state index in [0.717, 1.165) is 25.8 Å². The lowest BCUT2D eigenvalue weighted by Gasteiger charge is -2.07. The van der Waals surface area contributed by atoms with Gasteiger partial charge in [-0.05, 0) is 18.9 Å². The molecule has 0 saturated carbocycles. The van der Waals surface area contributed by atoms with Gasteiger partial charge in [-0.25, -0.2) is 9.13 Å². The van der Waals surface area contributed by atoms with Crippen LogP contribution >= 0.6 is 0 Å². The van der Waals surface area contributed by atoms with E-state index in [9.17, 15) is 4.79 Å². The Balaban J connectivity index is 2.21. The Morgan fingerprint density at radius 3 is 2.68 bits per heavy atom. The van der Waals surface area contributed by atoms with E-state index in [1.54, 1.807) is 6.92 Å². The van der Waals surface area contributed by atoms with Crippen LogP contribution in [0.25, 0.3) is 0 Å². The molecule has 1 N–H and O–H groups in total. The average molecular weight is 301 g/mol. The number of nitrogens with zero attached hydrogens (tertiary/aromatic N) is 2. The van der Waals surface area contributed by atoms with Gasteiger partial charge in [-0.2, -0.15) is 0 Å². The fourth-order valence-corrected chi connectivity index (χ4v) is 2.58. The lowest BCUT2D eigenvalue weighted by molar-refractivity contribution is -0.695. The first-order chi connectivity index (χ1) is 10.6. The van der Waals surface area contributed by atoms with Gasteiger partial charge < -0.3 is 5.11 Å². The van der Waals surface area contributed by atoms with Gasteiger partial charge in [-0.1, -0.05) is 43.7 Å². The summed E-state index contributed by atoms with van der Waals surface area (Å²) < 4.78 is 4.33. The number of rotatable bonds is 8. The molecule has 1 heterocycles. The van der Waals surface area contributed by atoms with Crippen molar-refractivity contribution in [2.75, 3.05) is 0 Å². The zero-order valence-electron chi connectivity index (χ0n) is 13.4. The van der Waals surface area contributed by atoms with Crippen LogP contribution in [0.1, 0.15) is 38.1 Å². The summed E-state index contributed by atoms with van der Waals surface area (Å²) in [7, 11) is 0. The van der Waals surface area contributed by atoms with Crippen LogP contribution in [-0.2, 0) is 24.3 Å². The molecular formula is C18H25N2O2+. The van der Waals surface area contributed by atoms with Crippen molar-refractivity contribution in [1.29, 1.82) is 0 Å². The van der Waals surface area contributed by atoms with Gasteiger partial charge in [0.05, 0.1) is 5.92 Å². The molecule has 118 valence electrons. The van der Waals surface area contributed by atoms with Crippen molar-refractivity contribution in [3.8, 4) is 0 Å². The third-order valence-corrected chi connectivity index (χ3v) is 3.93. The third-order valence-electron chi connectivity index (χ3n) is 3.93. The highest BCUT2D eigenvalue weighted by atomic mass is 16.4. The first-order valence-corrected chi connectivity index (χ1v) is 7.96. The number of hydrogen-bond acceptors (Lipinski definition) is 1. The summed E-state index contributed by atoms with van der Waals surface area (Å²) in [5.74, 6) is 0.0847. The molecule has 22 heavy (non-hydrogen) atoms. The quantitative estimate of drug-likeness (QED) is 0.762. The molecule has 0 fully saturated rings. The van der Waals surface area contributed by atoms with Gasteiger partial charge in [0, 0.05) is 6.42 Å². The monoisotopic (exact) mass is 301 g/mol. The highest BCUT2D eigenvalue weighted by Gasteiger charge is 2.21. The van der Waals surface area contributed by atoms with E-state index in [0.29, 0.717) is 6.54 Å². The molecule has 1 unspecified atom stereocenters. The molecule has 0 radical (unpaired) electrons. The zero-order chi connectivity index (χ0) is 15.9. The van der Waals surface area contributed by atoms with E-state index < -0.39 is 5.97 Å². The average Bonchev–Trinajstić information content (AvgIpc) is 2.88. The maximum absolute atomic E-state index is 11.1. The molecule has 2 rings (SSSR count). The molecule has 0 amide bonds. The van der Waals surface area contributed by atoms with E-state index in [1.807, 2.05) is 24.4 Å². The van der Waals surface area contributed by atoms with Crippen molar-refractivity contribution in [1.82, 2.24) is 4.57 Å². The van der Waals surface area contributed by atoms with Crippen LogP contribution in [0.2, 0.25) is 0 Å². The molecule has 0 spiro atoms. The number of imidazole rings is 1. The lowest BCUT2D eigenvalue weighted by Crippen LogP contribution is -2.38. The van der Waals surface area contributed by atoms with Crippen molar-refractivity contribution in [3.63, 3.8) is 0 Å². The van der Waals surface area contributed by atoms with Gasteiger partial charge in [0.25, 0.3) is 5.82 Å². The summed E-state index contributed by atoms with van der Waals surface area (Å²) >= 11 is 0. The van der Waals surface area contributed by atoms with E-state index in [1.165, 1.54) is 11.4 Å². The molecule has 0 saturated heterocycles. The molecule has 1 aromatic heterocycles. The van der Waals surface area contributed by atoms with Crippen molar-refractivity contribution in [2.24, 2.45) is 5.92 Å². The largest absolute Gasteiger partial charge is 0.481 e. The second-order valence-corrected chi connectivity index (χ2v) is 5.82. The Morgan fingerprint density at radius 1 is 1.32 bits per heavy atom. The number of carboxylic acids is 1. The predicted octanol–water partition coefficient (Wildman–Crippen LogP) is 2.89. The molecule has 1 aromatic carbocycles. The minimum atomic E-state index is -0.746. The Kier molecular flexibility index (Phi) is 5.75. The van der Waals surface area contributed by atoms with Crippen LogP contribution in [0.15, 0.2) is 42.7 Å². The second-order valence-electron chi connectivity index (χ2n) is 5.82. The van der Waals surface area contributed by atoms with Crippen molar-refractivity contribution < 1.29 is 14.5 Å². The van der Waals surface area contributed by atoms with E-state index >= 15 is 0 Å². The van der Waals surface area contributed by atoms with Crippen LogP contribution in [-0.4, -0.2) is 15.6 Å². The topological polar surface area (TPSA) is 46.1 Å². The van der Waals surface area contributed by atoms with Crippen LogP contribution in [0.5, 0.6) is 0 Å². The first kappa shape index (κ1) is 16.3. The van der Waals surface area contributed by atoms with Crippen LogP contribution in [0.4, 0.5) is 0 Å². The maximum Gasteiger partial charge on any atom is 0.310 e. The Labute approximate surface area is 132 Å². The molecule has 0 aliphatic rings. The molecule has 0 aliphatic heterocycles. The molecule has 4 heteroatoms. The highest BCUT2D eigenvalue weighted by molar-refractivity contribution is 5.69. The molecule has 0 aliphatic carbocycles. The first-order valence-electron chi connectivity index (χ1n) is 7.96. The summed E-state index contributed by atoms with van der Waals surface area (Å²) in [5, 5.41) is 9.13. The lowest BCUT2D eigenvalue weighted by atomic mass is 10.1. The number of benzene rings is 1. The smallest absolute Gasteiger partial charge is 0.310 e. The van der Waals surface area contributed by atoms with Gasteiger partial charge in [0.2, 0.25) is 0 Å². The third kappa shape index (κ3) is 4.20. The summed E-state index contributed by atoms with van der Waals surface area (Å²) in [6.45, 7) is 5.28. The molecule has 0 bridgehead atoms. The van der Waals surface area contributed by atoms with Gasteiger partial charge in [0.15, 0.2) is 0 Å². The normalized spacial score (nSPS) is 12.3. The van der Waals surface area contributed by atoms with E-state index in [-0.39, 0.29) is 5.92 Å². The Hall–Kier alpha value is -2.10. The number of aliphatic carboxylic acids is 1. The van der Waals surface area contributed by atoms with Gasteiger partial charge in [-0.15, -0.1) is 0 Å². The summed E-state index contributed by atoms with van der Waals surface area (Å²) in [5.41, 5.74) is 1.26. The predicted molar refractivity (Wildman–Crippen MR) is 85.6 cm³/mol. The second kappa shape index (κ2) is 7.78. The van der Waals surface area contributed by atoms with Crippen molar-refractivity contribution in [2.45, 2.75) is 46.2 Å². The number of unbranched alkanes of at least 4 members (excludes halogenated alkanes) is 1. The summed E-state index contributed by atoms with van der Waals surface area (Å²) in [6.07, 6.45) is 7.29. The van der Waals surface area contributed by atoms with Crippen LogP contribution < -0.4 is 4.57 Å². The number of aromatic nitrogens is 2. The maximum atomic E-state index is 11.1. The zero-order valence-corrected chi connectivity index (χ0v) is 13.4. The number of hydrogen-bond donors (Lipinski definition) is 1. The SMILES string of the molecule is CCCCc1n(CC(C)C(=O)O)cc[n+]1Cc1ccccc1. The van der Waals surface area contributed by atoms with Crippen LogP contribution in [0.3, 0.4) is 0 Å². The number of carboxylic acid groups (broad SMARTS) is 1. The van der Waals surface area contributed by atoms with E-state index in [2.05, 4.69) is 34.4 Å². The Bertz CT molecular complexity index is 605. The minimum absolute atomic E-state index is 0.377. The number of carbonyl (C=O) groups is 1. The van der Waals surface area contributed by atoms with Crippen molar-refractivity contribution >= 4 is 5.97 Å². The fourth-order valence-electron chi connectivity index (χ4n) is 2.58. The molecule has 2 aromatic rings. The molecular weight excluding hydrogens is 276 g/mol. The highest BCUT2D eigenvalue weighted by Crippen LogP contribution is 2.08. The van der Waals surface area contributed by atoms with Crippen LogP contribution in [0, 0.1) is 5.92 Å². The standard InChI is InChI=1S/C18H24N2O2/c1-3-4-10-17-19(13-15(2)18(21)22)11-12-20(17)14-16-8-6-5-7-9-16/h5-9,11-12,15H,3-4,10,13-14H2,1-2H3/p+1. The fraction of sp³-hybridized carbons (Fsp3) is 0.444. The minimum Gasteiger partial charge on any atom is -0.481 e. The van der Waals surface area contributed by atoms with Crippen molar-refractivity contribution in [3.05, 3.63) is 54.1 Å². The molecule has 1 atom stereocenters. The van der Waals surface area contributed by atoms with Gasteiger partial charge in [0.1, 0.15) is 25.5 Å². The van der Waals surface area contributed by atoms with Gasteiger partial charge >= 0.3 is 5.97 Å².